The highest BCUT2D eigenvalue weighted by Crippen LogP contribution is 2.59. The maximum atomic E-state index is 13.1. The number of Topliss-reactive ketones (excluding diaryl/α,β-unsaturated/α-hetero) is 2. The summed E-state index contributed by atoms with van der Waals surface area (Å²) in [7, 11) is 1.30. The molecule has 2 atom stereocenters. The first kappa shape index (κ1) is 17.8. The highest BCUT2D eigenvalue weighted by molar-refractivity contribution is 6.15. The predicted octanol–water partition coefficient (Wildman–Crippen LogP) is 3.72. The Hall–Kier alpha value is -1.97. The van der Waals surface area contributed by atoms with Crippen LogP contribution in [0, 0.1) is 16.7 Å². The molecular formula is C21H26O4. The van der Waals surface area contributed by atoms with Crippen LogP contribution in [0.15, 0.2) is 34.4 Å². The third-order valence-corrected chi connectivity index (χ3v) is 6.29. The van der Waals surface area contributed by atoms with Gasteiger partial charge in [-0.1, -0.05) is 38.5 Å². The average molecular weight is 342 g/mol. The van der Waals surface area contributed by atoms with Crippen LogP contribution in [0.4, 0.5) is 0 Å². The van der Waals surface area contributed by atoms with E-state index in [1.165, 1.54) is 18.3 Å². The summed E-state index contributed by atoms with van der Waals surface area (Å²) < 4.78 is 4.79. The molecule has 0 bridgehead atoms. The van der Waals surface area contributed by atoms with Crippen LogP contribution in [-0.4, -0.2) is 24.6 Å². The van der Waals surface area contributed by atoms with Crippen molar-refractivity contribution in [2.75, 3.05) is 7.11 Å². The molecule has 1 saturated carbocycles. The Morgan fingerprint density at radius 3 is 2.44 bits per heavy atom. The Morgan fingerprint density at radius 1 is 1.16 bits per heavy atom. The van der Waals surface area contributed by atoms with Crippen molar-refractivity contribution in [1.82, 2.24) is 0 Å². The average Bonchev–Trinajstić information content (AvgIpc) is 2.82. The monoisotopic (exact) mass is 342 g/mol. The first-order valence-electron chi connectivity index (χ1n) is 8.95. The van der Waals surface area contributed by atoms with E-state index in [1.807, 2.05) is 6.08 Å². The number of ketones is 2. The normalized spacial score (nSPS) is 32.1. The topological polar surface area (TPSA) is 60.4 Å². The Kier molecular flexibility index (Phi) is 4.13. The minimum Gasteiger partial charge on any atom is -0.466 e. The standard InChI is InChI=1S/C21H26O4/c1-12(2)14-8-9-20(3)11-17(23)21(4)15(18(14)20)7-6-13(10-16(21)22)19(24)25-5/h6-7,12H,8-11H2,1-5H3/t20-,21-/m1/s1. The molecule has 134 valence electrons. The van der Waals surface area contributed by atoms with E-state index in [4.69, 9.17) is 4.74 Å². The van der Waals surface area contributed by atoms with Gasteiger partial charge < -0.3 is 4.74 Å². The number of carbonyl (C=O) groups is 3. The minimum atomic E-state index is -1.16. The van der Waals surface area contributed by atoms with E-state index in [0.29, 0.717) is 17.9 Å². The maximum Gasteiger partial charge on any atom is 0.334 e. The molecule has 0 amide bonds. The number of esters is 1. The summed E-state index contributed by atoms with van der Waals surface area (Å²) in [6.07, 6.45) is 5.74. The SMILES string of the molecule is COC(=O)C1=CC=C2C3=C(C(C)C)CC[C@]3(C)CC(=O)[C@@]2(C)C(=O)C1. The van der Waals surface area contributed by atoms with Gasteiger partial charge in [-0.3, -0.25) is 9.59 Å². The number of allylic oxidation sites excluding steroid dienone is 5. The van der Waals surface area contributed by atoms with Crippen LogP contribution in [-0.2, 0) is 19.1 Å². The zero-order valence-corrected chi connectivity index (χ0v) is 15.7. The number of hydrogen-bond acceptors (Lipinski definition) is 4. The molecule has 0 saturated heterocycles. The molecule has 1 fully saturated rings. The molecule has 4 heteroatoms. The first-order valence-corrected chi connectivity index (χ1v) is 8.95. The van der Waals surface area contributed by atoms with Crippen molar-refractivity contribution >= 4 is 17.5 Å². The Balaban J connectivity index is 2.25. The van der Waals surface area contributed by atoms with Gasteiger partial charge in [0, 0.05) is 18.4 Å². The lowest BCUT2D eigenvalue weighted by molar-refractivity contribution is -0.141. The van der Waals surface area contributed by atoms with Gasteiger partial charge in [0.15, 0.2) is 11.6 Å². The molecule has 25 heavy (non-hydrogen) atoms. The van der Waals surface area contributed by atoms with Gasteiger partial charge in [0.05, 0.1) is 7.11 Å². The summed E-state index contributed by atoms with van der Waals surface area (Å²) in [5.41, 5.74) is 2.28. The van der Waals surface area contributed by atoms with Gasteiger partial charge in [-0.15, -0.1) is 0 Å². The molecule has 0 unspecified atom stereocenters. The van der Waals surface area contributed by atoms with Crippen molar-refractivity contribution < 1.29 is 19.1 Å². The molecule has 4 nitrogen and oxygen atoms in total. The highest BCUT2D eigenvalue weighted by Gasteiger charge is 2.56. The number of ether oxygens (including phenoxy) is 1. The molecule has 0 aliphatic heterocycles. The van der Waals surface area contributed by atoms with Crippen LogP contribution in [0.1, 0.15) is 53.4 Å². The van der Waals surface area contributed by atoms with Gasteiger partial charge in [0.25, 0.3) is 0 Å². The molecule has 0 N–H and O–H groups in total. The zero-order chi connectivity index (χ0) is 18.6. The summed E-state index contributed by atoms with van der Waals surface area (Å²) in [6.45, 7) is 8.20. The number of hydrogen-bond donors (Lipinski definition) is 0. The van der Waals surface area contributed by atoms with Gasteiger partial charge in [0.1, 0.15) is 5.41 Å². The summed E-state index contributed by atoms with van der Waals surface area (Å²) in [5.74, 6) is -0.369. The molecular weight excluding hydrogens is 316 g/mol. The first-order chi connectivity index (χ1) is 11.6. The van der Waals surface area contributed by atoms with Gasteiger partial charge in [-0.05, 0) is 42.2 Å². The van der Waals surface area contributed by atoms with Gasteiger partial charge >= 0.3 is 5.97 Å². The van der Waals surface area contributed by atoms with Crippen molar-refractivity contribution in [3.63, 3.8) is 0 Å². The summed E-state index contributed by atoms with van der Waals surface area (Å²) in [6, 6.07) is 0. The zero-order valence-electron chi connectivity index (χ0n) is 15.7. The van der Waals surface area contributed by atoms with Crippen LogP contribution < -0.4 is 0 Å². The van der Waals surface area contributed by atoms with E-state index >= 15 is 0 Å². The highest BCUT2D eigenvalue weighted by atomic mass is 16.5. The summed E-state index contributed by atoms with van der Waals surface area (Å²) in [5, 5.41) is 0. The third-order valence-electron chi connectivity index (χ3n) is 6.29. The lowest BCUT2D eigenvalue weighted by atomic mass is 9.57. The predicted molar refractivity (Wildman–Crippen MR) is 94.7 cm³/mol. The van der Waals surface area contributed by atoms with E-state index in [0.717, 1.165) is 18.4 Å². The molecule has 3 rings (SSSR count). The van der Waals surface area contributed by atoms with E-state index in [9.17, 15) is 14.4 Å². The second-order valence-corrected chi connectivity index (χ2v) is 8.20. The second kappa shape index (κ2) is 5.79. The smallest absolute Gasteiger partial charge is 0.334 e. The summed E-state index contributed by atoms with van der Waals surface area (Å²) in [4.78, 5) is 38.1. The lowest BCUT2D eigenvalue weighted by Crippen LogP contribution is -2.46. The quantitative estimate of drug-likeness (QED) is 0.567. The third kappa shape index (κ3) is 2.45. The van der Waals surface area contributed by atoms with Crippen molar-refractivity contribution in [3.05, 3.63) is 34.4 Å². The Morgan fingerprint density at radius 2 is 1.84 bits per heavy atom. The number of methoxy groups -OCH3 is 1. The summed E-state index contributed by atoms with van der Waals surface area (Å²) >= 11 is 0. The molecule has 0 heterocycles. The second-order valence-electron chi connectivity index (χ2n) is 8.20. The van der Waals surface area contributed by atoms with Gasteiger partial charge in [0.2, 0.25) is 0 Å². The van der Waals surface area contributed by atoms with Gasteiger partial charge in [-0.2, -0.15) is 0 Å². The Labute approximate surface area is 149 Å². The van der Waals surface area contributed by atoms with Gasteiger partial charge in [-0.25, -0.2) is 4.79 Å². The Bertz CT molecular complexity index is 765. The van der Waals surface area contributed by atoms with Crippen LogP contribution >= 0.6 is 0 Å². The fraction of sp³-hybridized carbons (Fsp3) is 0.571. The van der Waals surface area contributed by atoms with Crippen molar-refractivity contribution in [2.24, 2.45) is 16.7 Å². The molecule has 0 aromatic heterocycles. The van der Waals surface area contributed by atoms with E-state index < -0.39 is 11.4 Å². The molecule has 0 radical (unpaired) electrons. The fourth-order valence-electron chi connectivity index (χ4n) is 4.65. The lowest BCUT2D eigenvalue weighted by Gasteiger charge is -2.43. The van der Waals surface area contributed by atoms with Crippen molar-refractivity contribution in [2.45, 2.75) is 53.4 Å². The van der Waals surface area contributed by atoms with E-state index in [-0.39, 0.29) is 23.4 Å². The number of carbonyl (C=O) groups excluding carboxylic acids is 3. The molecule has 0 aromatic carbocycles. The van der Waals surface area contributed by atoms with E-state index in [2.05, 4.69) is 20.8 Å². The van der Waals surface area contributed by atoms with Crippen LogP contribution in [0.2, 0.25) is 0 Å². The maximum absolute atomic E-state index is 13.1. The van der Waals surface area contributed by atoms with E-state index in [1.54, 1.807) is 13.0 Å². The van der Waals surface area contributed by atoms with Crippen molar-refractivity contribution in [3.8, 4) is 0 Å². The minimum absolute atomic E-state index is 0.0282. The fourth-order valence-corrected chi connectivity index (χ4v) is 4.65. The van der Waals surface area contributed by atoms with Crippen molar-refractivity contribution in [1.29, 1.82) is 0 Å². The molecule has 0 spiro atoms. The number of fused-ring (bicyclic) bond motifs is 3. The molecule has 3 aliphatic rings. The number of rotatable bonds is 2. The van der Waals surface area contributed by atoms with Crippen LogP contribution in [0.25, 0.3) is 0 Å². The largest absolute Gasteiger partial charge is 0.466 e. The molecule has 0 aromatic rings. The van der Waals surface area contributed by atoms with Crippen LogP contribution in [0.3, 0.4) is 0 Å². The molecule has 3 aliphatic carbocycles. The van der Waals surface area contributed by atoms with Crippen LogP contribution in [0.5, 0.6) is 0 Å².